The van der Waals surface area contributed by atoms with Crippen LogP contribution in [0.3, 0.4) is 0 Å². The maximum atomic E-state index is 13.4. The van der Waals surface area contributed by atoms with Gasteiger partial charge in [0.2, 0.25) is 0 Å². The van der Waals surface area contributed by atoms with Gasteiger partial charge in [0.05, 0.1) is 12.1 Å². The molecule has 3 aromatic rings. The number of fused-ring (bicyclic) bond motifs is 1. The van der Waals surface area contributed by atoms with Crippen molar-refractivity contribution >= 4 is 11.8 Å². The van der Waals surface area contributed by atoms with Crippen LogP contribution in [-0.2, 0) is 12.8 Å². The summed E-state index contributed by atoms with van der Waals surface area (Å²) >= 11 is 0. The fourth-order valence-corrected chi connectivity index (χ4v) is 5.61. The van der Waals surface area contributed by atoms with Crippen LogP contribution >= 0.6 is 0 Å². The van der Waals surface area contributed by atoms with E-state index in [0.717, 1.165) is 37.7 Å². The van der Waals surface area contributed by atoms with Gasteiger partial charge in [-0.2, -0.15) is 0 Å². The van der Waals surface area contributed by atoms with Crippen LogP contribution in [0.15, 0.2) is 78.9 Å². The molecular weight excluding hydrogens is 498 g/mol. The average Bonchev–Trinajstić information content (AvgIpc) is 2.99. The zero-order chi connectivity index (χ0) is 28.3. The number of carbonyl (C=O) groups excluding carboxylic acids is 2. The molecule has 6 heteroatoms. The zero-order valence-electron chi connectivity index (χ0n) is 23.8. The van der Waals surface area contributed by atoms with Crippen molar-refractivity contribution in [2.24, 2.45) is 0 Å². The van der Waals surface area contributed by atoms with Gasteiger partial charge in [-0.05, 0) is 73.4 Å². The maximum Gasteiger partial charge on any atom is 0.253 e. The maximum absolute atomic E-state index is 13.4. The van der Waals surface area contributed by atoms with Gasteiger partial charge in [0, 0.05) is 36.8 Å². The second-order valence-electron chi connectivity index (χ2n) is 10.8. The predicted molar refractivity (Wildman–Crippen MR) is 160 cm³/mol. The number of aliphatic hydroxyl groups excluding tert-OH is 1. The van der Waals surface area contributed by atoms with Crippen molar-refractivity contribution in [3.8, 4) is 0 Å². The molecule has 2 amide bonds. The first-order valence-electron chi connectivity index (χ1n) is 14.7. The number of benzene rings is 3. The number of aliphatic hydroxyl groups is 1. The molecule has 0 saturated carbocycles. The lowest BCUT2D eigenvalue weighted by atomic mass is 9.87. The minimum absolute atomic E-state index is 0.0591. The Morgan fingerprint density at radius 3 is 2.38 bits per heavy atom. The molecule has 4 rings (SSSR count). The molecule has 0 fully saturated rings. The van der Waals surface area contributed by atoms with Crippen molar-refractivity contribution in [3.63, 3.8) is 0 Å². The summed E-state index contributed by atoms with van der Waals surface area (Å²) < 4.78 is 0. The van der Waals surface area contributed by atoms with E-state index in [-0.39, 0.29) is 17.9 Å². The highest BCUT2D eigenvalue weighted by molar-refractivity contribution is 5.99. The molecule has 3 atom stereocenters. The average molecular weight is 542 g/mol. The second kappa shape index (κ2) is 14.8. The van der Waals surface area contributed by atoms with Gasteiger partial charge in [0.25, 0.3) is 11.8 Å². The van der Waals surface area contributed by atoms with Gasteiger partial charge in [-0.1, -0.05) is 74.5 Å². The minimum Gasteiger partial charge on any atom is -0.390 e. The monoisotopic (exact) mass is 541 g/mol. The molecule has 3 N–H and O–H groups in total. The van der Waals surface area contributed by atoms with E-state index >= 15 is 0 Å². The fraction of sp³-hybridized carbons (Fsp3) is 0.412. The van der Waals surface area contributed by atoms with Crippen LogP contribution < -0.4 is 10.6 Å². The SMILES string of the molecule is CCCN(CCC)C(=O)c1cccc(C(=O)N[C@@H](Cc2ccccc2)[C@H](O)CNC2CCCc3ccccc32)c1. The number of amides is 2. The largest absolute Gasteiger partial charge is 0.390 e. The smallest absolute Gasteiger partial charge is 0.253 e. The summed E-state index contributed by atoms with van der Waals surface area (Å²) in [5.74, 6) is -0.355. The topological polar surface area (TPSA) is 81.7 Å². The first-order chi connectivity index (χ1) is 19.5. The molecule has 212 valence electrons. The fourth-order valence-electron chi connectivity index (χ4n) is 5.61. The summed E-state index contributed by atoms with van der Waals surface area (Å²) in [7, 11) is 0. The first-order valence-corrected chi connectivity index (χ1v) is 14.7. The van der Waals surface area contributed by atoms with Crippen molar-refractivity contribution in [2.75, 3.05) is 19.6 Å². The van der Waals surface area contributed by atoms with E-state index in [9.17, 15) is 14.7 Å². The Morgan fingerprint density at radius 2 is 1.62 bits per heavy atom. The number of nitrogens with zero attached hydrogens (tertiary/aromatic N) is 1. The lowest BCUT2D eigenvalue weighted by Gasteiger charge is -2.30. The van der Waals surface area contributed by atoms with Gasteiger partial charge in [-0.15, -0.1) is 0 Å². The lowest BCUT2D eigenvalue weighted by Crippen LogP contribution is -2.49. The molecular formula is C34H43N3O3. The zero-order valence-corrected chi connectivity index (χ0v) is 23.8. The summed E-state index contributed by atoms with van der Waals surface area (Å²) in [4.78, 5) is 28.4. The predicted octanol–water partition coefficient (Wildman–Crippen LogP) is 5.32. The van der Waals surface area contributed by atoms with E-state index in [1.54, 1.807) is 24.3 Å². The molecule has 0 aliphatic heterocycles. The molecule has 0 aromatic heterocycles. The van der Waals surface area contributed by atoms with E-state index in [4.69, 9.17) is 0 Å². The Labute approximate surface area is 238 Å². The van der Waals surface area contributed by atoms with E-state index in [1.807, 2.05) is 35.2 Å². The van der Waals surface area contributed by atoms with Gasteiger partial charge in [0.1, 0.15) is 0 Å². The summed E-state index contributed by atoms with van der Waals surface area (Å²) in [6, 6.07) is 25.0. The van der Waals surface area contributed by atoms with Crippen LogP contribution in [0.2, 0.25) is 0 Å². The normalized spacial score (nSPS) is 16.0. The van der Waals surface area contributed by atoms with Crippen LogP contribution in [0.1, 0.15) is 83.0 Å². The highest BCUT2D eigenvalue weighted by Gasteiger charge is 2.26. The summed E-state index contributed by atoms with van der Waals surface area (Å²) in [5.41, 5.74) is 4.62. The van der Waals surface area contributed by atoms with Crippen molar-refractivity contribution < 1.29 is 14.7 Å². The van der Waals surface area contributed by atoms with Gasteiger partial charge < -0.3 is 20.6 Å². The highest BCUT2D eigenvalue weighted by atomic mass is 16.3. The van der Waals surface area contributed by atoms with E-state index < -0.39 is 12.1 Å². The number of rotatable bonds is 13. The third-order valence-corrected chi connectivity index (χ3v) is 7.67. The van der Waals surface area contributed by atoms with Crippen molar-refractivity contribution in [1.29, 1.82) is 0 Å². The molecule has 40 heavy (non-hydrogen) atoms. The molecule has 0 bridgehead atoms. The number of aryl methyl sites for hydroxylation is 1. The molecule has 1 unspecified atom stereocenters. The highest BCUT2D eigenvalue weighted by Crippen LogP contribution is 2.29. The standard InChI is InChI=1S/C34H43N3O3/c1-3-20-37(21-4-2)34(40)28-17-10-16-27(23-28)33(39)36-31(22-25-12-6-5-7-13-25)32(38)24-35-30-19-11-15-26-14-8-9-18-29(26)30/h5-10,12-14,16-18,23,30-32,35,38H,3-4,11,15,19-22,24H2,1-2H3,(H,36,39)/t30?,31-,32+/m0/s1. The quantitative estimate of drug-likeness (QED) is 0.274. The summed E-state index contributed by atoms with van der Waals surface area (Å²) in [5, 5.41) is 18.0. The van der Waals surface area contributed by atoms with Crippen LogP contribution in [0.5, 0.6) is 0 Å². The first kappa shape index (κ1) is 29.5. The molecule has 1 aliphatic rings. The molecule has 1 aliphatic carbocycles. The molecule has 0 spiro atoms. The van der Waals surface area contributed by atoms with Crippen LogP contribution in [0, 0.1) is 0 Å². The Morgan fingerprint density at radius 1 is 0.925 bits per heavy atom. The summed E-state index contributed by atoms with van der Waals surface area (Å²) in [6.07, 6.45) is 4.67. The van der Waals surface area contributed by atoms with Gasteiger partial charge in [-0.3, -0.25) is 9.59 Å². The minimum atomic E-state index is -0.798. The molecule has 0 heterocycles. The van der Waals surface area contributed by atoms with Gasteiger partial charge in [-0.25, -0.2) is 0 Å². The third-order valence-electron chi connectivity index (χ3n) is 7.67. The summed E-state index contributed by atoms with van der Waals surface area (Å²) in [6.45, 7) is 5.85. The van der Waals surface area contributed by atoms with E-state index in [2.05, 4.69) is 48.7 Å². The lowest BCUT2D eigenvalue weighted by molar-refractivity contribution is 0.0755. The number of nitrogens with one attached hydrogen (secondary N) is 2. The van der Waals surface area contributed by atoms with Crippen molar-refractivity contribution in [3.05, 3.63) is 107 Å². The Bertz CT molecular complexity index is 1240. The third kappa shape index (κ3) is 7.80. The number of hydrogen-bond donors (Lipinski definition) is 3. The van der Waals surface area contributed by atoms with Crippen LogP contribution in [0.4, 0.5) is 0 Å². The van der Waals surface area contributed by atoms with E-state index in [1.165, 1.54) is 11.1 Å². The van der Waals surface area contributed by atoms with Crippen molar-refractivity contribution in [2.45, 2.75) is 70.6 Å². The molecule has 6 nitrogen and oxygen atoms in total. The number of carbonyl (C=O) groups is 2. The van der Waals surface area contributed by atoms with Gasteiger partial charge in [0.15, 0.2) is 0 Å². The van der Waals surface area contributed by atoms with Crippen LogP contribution in [-0.4, -0.2) is 53.6 Å². The van der Waals surface area contributed by atoms with Gasteiger partial charge >= 0.3 is 0 Å². The van der Waals surface area contributed by atoms with Crippen LogP contribution in [0.25, 0.3) is 0 Å². The molecule has 0 radical (unpaired) electrons. The Hall–Kier alpha value is -3.48. The Balaban J connectivity index is 1.47. The Kier molecular flexibility index (Phi) is 10.9. The van der Waals surface area contributed by atoms with E-state index in [0.29, 0.717) is 37.2 Å². The molecule has 3 aromatic carbocycles. The number of hydrogen-bond acceptors (Lipinski definition) is 4. The second-order valence-corrected chi connectivity index (χ2v) is 10.8. The molecule has 0 saturated heterocycles. The van der Waals surface area contributed by atoms with Crippen molar-refractivity contribution in [1.82, 2.24) is 15.5 Å².